The summed E-state index contributed by atoms with van der Waals surface area (Å²) in [5, 5.41) is 27.5. The maximum atomic E-state index is 11.3. The second kappa shape index (κ2) is 13.8. The first-order valence-electron chi connectivity index (χ1n) is 10.8. The quantitative estimate of drug-likeness (QED) is 0.172. The Labute approximate surface area is 203 Å². The number of carbonyl (C=O) groups is 2. The third-order valence-corrected chi connectivity index (χ3v) is 6.06. The highest BCUT2D eigenvalue weighted by molar-refractivity contribution is 7.16. The van der Waals surface area contributed by atoms with Crippen molar-refractivity contribution < 1.29 is 19.1 Å². The van der Waals surface area contributed by atoms with Gasteiger partial charge in [0.1, 0.15) is 29.9 Å². The van der Waals surface area contributed by atoms with Gasteiger partial charge in [-0.05, 0) is 50.1 Å². The van der Waals surface area contributed by atoms with E-state index in [4.69, 9.17) is 9.47 Å². The van der Waals surface area contributed by atoms with Crippen LogP contribution in [0.4, 0.5) is 16.4 Å². The minimum atomic E-state index is -0.401. The predicted molar refractivity (Wildman–Crippen MR) is 129 cm³/mol. The zero-order chi connectivity index (χ0) is 24.9. The van der Waals surface area contributed by atoms with Gasteiger partial charge in [-0.1, -0.05) is 0 Å². The van der Waals surface area contributed by atoms with Gasteiger partial charge in [0, 0.05) is 25.2 Å². The van der Waals surface area contributed by atoms with Crippen LogP contribution in [0.2, 0.25) is 0 Å². The molecule has 0 atom stereocenters. The Hall–Kier alpha value is -3.60. The number of nitrogens with zero attached hydrogens (tertiary/aromatic N) is 5. The van der Waals surface area contributed by atoms with Crippen molar-refractivity contribution in [1.82, 2.24) is 0 Å². The molecule has 1 aromatic carbocycles. The van der Waals surface area contributed by atoms with Gasteiger partial charge in [-0.15, -0.1) is 21.6 Å². The number of carbonyl (C=O) groups excluding carboxylic acids is 2. The van der Waals surface area contributed by atoms with Crippen LogP contribution in [0.1, 0.15) is 41.3 Å². The molecule has 0 amide bonds. The smallest absolute Gasteiger partial charge is 0.306 e. The van der Waals surface area contributed by atoms with E-state index in [9.17, 15) is 20.1 Å². The average Bonchev–Trinajstić information content (AvgIpc) is 3.15. The summed E-state index contributed by atoms with van der Waals surface area (Å²) in [5.41, 5.74) is 3.63. The molecule has 10 heteroatoms. The van der Waals surface area contributed by atoms with E-state index < -0.39 is 5.97 Å². The van der Waals surface area contributed by atoms with Crippen LogP contribution in [0.25, 0.3) is 0 Å². The number of anilines is 1. The van der Waals surface area contributed by atoms with Crippen LogP contribution in [-0.2, 0) is 19.1 Å². The second-order valence-electron chi connectivity index (χ2n) is 7.25. The fraction of sp³-hybridized carbons (Fsp3) is 0.417. The first-order chi connectivity index (χ1) is 16.4. The third-order valence-electron chi connectivity index (χ3n) is 4.98. The van der Waals surface area contributed by atoms with Gasteiger partial charge in [0.2, 0.25) is 0 Å². The van der Waals surface area contributed by atoms with E-state index in [1.54, 1.807) is 6.92 Å². The number of nitriles is 2. The second-order valence-corrected chi connectivity index (χ2v) is 8.25. The van der Waals surface area contributed by atoms with Crippen molar-refractivity contribution >= 4 is 40.0 Å². The van der Waals surface area contributed by atoms with E-state index in [1.807, 2.05) is 32.0 Å². The summed E-state index contributed by atoms with van der Waals surface area (Å²) in [5.74, 6) is -0.401. The van der Waals surface area contributed by atoms with Crippen molar-refractivity contribution in [2.45, 2.75) is 33.6 Å². The molecule has 0 saturated carbocycles. The minimum absolute atomic E-state index is 0.0926. The number of esters is 1. The Morgan fingerprint density at radius 2 is 1.97 bits per heavy atom. The average molecular weight is 482 g/mol. The zero-order valence-electron chi connectivity index (χ0n) is 19.5. The lowest BCUT2D eigenvalue weighted by Gasteiger charge is -2.23. The van der Waals surface area contributed by atoms with Crippen molar-refractivity contribution in [2.75, 3.05) is 37.8 Å². The van der Waals surface area contributed by atoms with Crippen molar-refractivity contribution in [3.8, 4) is 12.1 Å². The van der Waals surface area contributed by atoms with E-state index in [1.165, 1.54) is 0 Å². The summed E-state index contributed by atoms with van der Waals surface area (Å²) in [4.78, 5) is 24.2. The van der Waals surface area contributed by atoms with Crippen LogP contribution >= 0.6 is 11.3 Å². The van der Waals surface area contributed by atoms with Gasteiger partial charge in [0.15, 0.2) is 5.00 Å². The van der Waals surface area contributed by atoms with Gasteiger partial charge in [-0.2, -0.15) is 10.5 Å². The van der Waals surface area contributed by atoms with Crippen molar-refractivity contribution in [1.29, 1.82) is 10.5 Å². The Morgan fingerprint density at radius 3 is 2.62 bits per heavy atom. The molecule has 2 aromatic rings. The maximum absolute atomic E-state index is 11.3. The highest BCUT2D eigenvalue weighted by atomic mass is 32.1. The van der Waals surface area contributed by atoms with Crippen LogP contribution in [0.15, 0.2) is 28.4 Å². The van der Waals surface area contributed by atoms with Crippen molar-refractivity contribution in [2.24, 2.45) is 10.2 Å². The third kappa shape index (κ3) is 7.48. The maximum Gasteiger partial charge on any atom is 0.306 e. The molecule has 0 radical (unpaired) electrons. The number of likely N-dealkylation sites (N-methyl/N-ethyl adjacent to an activating group) is 1. The van der Waals surface area contributed by atoms with E-state index in [0.717, 1.165) is 29.1 Å². The molecular weight excluding hydrogens is 454 g/mol. The highest BCUT2D eigenvalue weighted by Gasteiger charge is 2.14. The summed E-state index contributed by atoms with van der Waals surface area (Å²) < 4.78 is 10.5. The lowest BCUT2D eigenvalue weighted by atomic mass is 10.1. The molecule has 178 valence electrons. The molecule has 0 saturated heterocycles. The van der Waals surface area contributed by atoms with Gasteiger partial charge in [-0.25, -0.2) is 0 Å². The molecule has 0 unspecified atom stereocenters. The summed E-state index contributed by atoms with van der Waals surface area (Å²) in [6.07, 6.45) is 0.950. The molecule has 0 spiro atoms. The van der Waals surface area contributed by atoms with Crippen molar-refractivity contribution in [3.63, 3.8) is 0 Å². The summed E-state index contributed by atoms with van der Waals surface area (Å²) in [7, 11) is 0. The SMILES string of the molecule is CCN(CCOCCOC(=O)CCC=O)c1ccc(/N=N/c2sc(C#N)c(C)c2C#N)c(C)c1. The molecule has 34 heavy (non-hydrogen) atoms. The highest BCUT2D eigenvalue weighted by Crippen LogP contribution is 2.36. The molecule has 1 aromatic heterocycles. The summed E-state index contributed by atoms with van der Waals surface area (Å²) in [6.45, 7) is 8.08. The number of azo groups is 1. The molecule has 1 heterocycles. The largest absolute Gasteiger partial charge is 0.463 e. The zero-order valence-corrected chi connectivity index (χ0v) is 20.4. The monoisotopic (exact) mass is 481 g/mol. The molecule has 9 nitrogen and oxygen atoms in total. The number of aryl methyl sites for hydroxylation is 1. The Kier molecular flexibility index (Phi) is 10.8. The molecule has 0 N–H and O–H groups in total. The van der Waals surface area contributed by atoms with Gasteiger partial charge in [0.25, 0.3) is 0 Å². The Bertz CT molecular complexity index is 1110. The lowest BCUT2D eigenvalue weighted by Crippen LogP contribution is -2.27. The number of benzene rings is 1. The number of aldehydes is 1. The molecule has 0 aliphatic heterocycles. The number of hydrogen-bond donors (Lipinski definition) is 0. The van der Waals surface area contributed by atoms with E-state index in [0.29, 0.717) is 52.7 Å². The molecular formula is C24H27N5O4S. The standard InChI is InChI=1S/C24H27N5O4S/c1-4-29(9-11-32-12-13-33-23(31)6-5-10-30)19-7-8-21(17(2)14-19)27-28-24-20(15-25)18(3)22(16-26)34-24/h7-8,10,14H,4-6,9,11-13H2,1-3H3/b28-27+. The molecule has 0 aliphatic carbocycles. The minimum Gasteiger partial charge on any atom is -0.463 e. The fourth-order valence-electron chi connectivity index (χ4n) is 3.06. The number of thiophene rings is 1. The number of rotatable bonds is 13. The predicted octanol–water partition coefficient (Wildman–Crippen LogP) is 4.89. The topological polar surface area (TPSA) is 128 Å². The summed E-state index contributed by atoms with van der Waals surface area (Å²) >= 11 is 1.16. The van der Waals surface area contributed by atoms with Crippen molar-refractivity contribution in [3.05, 3.63) is 39.8 Å². The van der Waals surface area contributed by atoms with Crippen LogP contribution in [-0.4, -0.2) is 45.2 Å². The molecule has 0 fully saturated rings. The Morgan fingerprint density at radius 1 is 1.18 bits per heavy atom. The molecule has 0 bridgehead atoms. The summed E-state index contributed by atoms with van der Waals surface area (Å²) in [6, 6.07) is 10.0. The number of hydrogen-bond acceptors (Lipinski definition) is 10. The van der Waals surface area contributed by atoms with E-state index in [2.05, 4.69) is 27.3 Å². The van der Waals surface area contributed by atoms with Crippen LogP contribution in [0.3, 0.4) is 0 Å². The van der Waals surface area contributed by atoms with Gasteiger partial charge >= 0.3 is 5.97 Å². The number of ether oxygens (including phenoxy) is 2. The molecule has 2 rings (SSSR count). The van der Waals surface area contributed by atoms with Gasteiger partial charge in [-0.3, -0.25) is 4.79 Å². The van der Waals surface area contributed by atoms with E-state index >= 15 is 0 Å². The first kappa shape index (κ1) is 26.7. The molecule has 0 aliphatic rings. The van der Waals surface area contributed by atoms with Crippen LogP contribution < -0.4 is 4.90 Å². The Balaban J connectivity index is 1.92. The van der Waals surface area contributed by atoms with E-state index in [-0.39, 0.29) is 19.4 Å². The van der Waals surface area contributed by atoms with Crippen LogP contribution in [0.5, 0.6) is 0 Å². The van der Waals surface area contributed by atoms with Gasteiger partial charge in [0.05, 0.1) is 30.9 Å². The lowest BCUT2D eigenvalue weighted by molar-refractivity contribution is -0.145. The first-order valence-corrected chi connectivity index (χ1v) is 11.6. The fourth-order valence-corrected chi connectivity index (χ4v) is 3.94. The normalized spacial score (nSPS) is 10.6. The van der Waals surface area contributed by atoms with Crippen LogP contribution in [0, 0.1) is 36.5 Å². The van der Waals surface area contributed by atoms with Gasteiger partial charge < -0.3 is 19.2 Å².